The van der Waals surface area contributed by atoms with E-state index in [0.717, 1.165) is 25.2 Å². The maximum atomic E-state index is 12.0. The molecule has 2 aliphatic rings. The fourth-order valence-corrected chi connectivity index (χ4v) is 2.41. The van der Waals surface area contributed by atoms with Crippen molar-refractivity contribution in [2.75, 3.05) is 19.7 Å². The Labute approximate surface area is 101 Å². The Kier molecular flexibility index (Phi) is 4.36. The van der Waals surface area contributed by atoms with Crippen LogP contribution in [0.2, 0.25) is 0 Å². The highest BCUT2D eigenvalue weighted by atomic mass is 16.5. The smallest absolute Gasteiger partial charge is 0.225 e. The van der Waals surface area contributed by atoms with Gasteiger partial charge in [-0.2, -0.15) is 0 Å². The number of hydrogen-bond acceptors (Lipinski definition) is 4. The highest BCUT2D eigenvalue weighted by Gasteiger charge is 2.24. The zero-order chi connectivity index (χ0) is 12.1. The molecule has 2 saturated heterocycles. The van der Waals surface area contributed by atoms with Gasteiger partial charge in [-0.1, -0.05) is 5.16 Å². The summed E-state index contributed by atoms with van der Waals surface area (Å²) in [7, 11) is 0. The quantitative estimate of drug-likeness (QED) is 0.586. The van der Waals surface area contributed by atoms with Crippen molar-refractivity contribution in [2.24, 2.45) is 5.16 Å². The summed E-state index contributed by atoms with van der Waals surface area (Å²) in [4.78, 5) is 13.9. The van der Waals surface area contributed by atoms with Crippen LogP contribution in [-0.2, 0) is 9.53 Å². The van der Waals surface area contributed by atoms with Crippen LogP contribution in [0.1, 0.15) is 38.5 Å². The number of likely N-dealkylation sites (tertiary alicyclic amines) is 1. The second-order valence-electron chi connectivity index (χ2n) is 4.74. The molecule has 1 unspecified atom stereocenters. The molecule has 1 N–H and O–H groups in total. The lowest BCUT2D eigenvalue weighted by atomic mass is 10.0. The number of oxime groups is 1. The standard InChI is InChI=1S/C12H20N2O3/c15-12(9-11-3-1-2-8-17-11)14-6-4-10(13-16)5-7-14/h11,16H,1-9H2. The van der Waals surface area contributed by atoms with E-state index in [1.807, 2.05) is 4.90 Å². The van der Waals surface area contributed by atoms with Gasteiger partial charge in [0.1, 0.15) is 0 Å². The van der Waals surface area contributed by atoms with Crippen molar-refractivity contribution in [2.45, 2.75) is 44.6 Å². The first-order chi connectivity index (χ1) is 8.29. The van der Waals surface area contributed by atoms with Crippen LogP contribution in [0.25, 0.3) is 0 Å². The maximum Gasteiger partial charge on any atom is 0.225 e. The molecular formula is C12H20N2O3. The fraction of sp³-hybridized carbons (Fsp3) is 0.833. The molecule has 96 valence electrons. The first-order valence-electron chi connectivity index (χ1n) is 6.39. The lowest BCUT2D eigenvalue weighted by Gasteiger charge is -2.29. The van der Waals surface area contributed by atoms with Gasteiger partial charge >= 0.3 is 0 Å². The third kappa shape index (κ3) is 3.43. The predicted molar refractivity (Wildman–Crippen MR) is 63.2 cm³/mol. The molecule has 0 spiro atoms. The van der Waals surface area contributed by atoms with E-state index < -0.39 is 0 Å². The Hall–Kier alpha value is -1.10. The predicted octanol–water partition coefficient (Wildman–Crippen LogP) is 1.40. The van der Waals surface area contributed by atoms with Crippen LogP contribution < -0.4 is 0 Å². The van der Waals surface area contributed by atoms with Crippen molar-refractivity contribution < 1.29 is 14.7 Å². The van der Waals surface area contributed by atoms with Gasteiger partial charge in [0.05, 0.1) is 18.2 Å². The Balaban J connectivity index is 1.76. The lowest BCUT2D eigenvalue weighted by molar-refractivity contribution is -0.135. The van der Waals surface area contributed by atoms with E-state index in [-0.39, 0.29) is 12.0 Å². The molecule has 1 amide bonds. The van der Waals surface area contributed by atoms with Gasteiger partial charge in [-0.05, 0) is 19.3 Å². The Morgan fingerprint density at radius 1 is 1.41 bits per heavy atom. The minimum absolute atomic E-state index is 0.115. The van der Waals surface area contributed by atoms with Gasteiger partial charge in [0, 0.05) is 32.5 Å². The number of hydrogen-bond donors (Lipinski definition) is 1. The molecule has 2 aliphatic heterocycles. The number of piperidine rings is 1. The zero-order valence-corrected chi connectivity index (χ0v) is 10.1. The van der Waals surface area contributed by atoms with Crippen LogP contribution in [0, 0.1) is 0 Å². The number of nitrogens with zero attached hydrogens (tertiary/aromatic N) is 2. The molecular weight excluding hydrogens is 220 g/mol. The van der Waals surface area contributed by atoms with E-state index in [1.54, 1.807) is 0 Å². The molecule has 0 aromatic carbocycles. The van der Waals surface area contributed by atoms with Crippen LogP contribution >= 0.6 is 0 Å². The summed E-state index contributed by atoms with van der Waals surface area (Å²) in [6.07, 6.45) is 5.28. The molecule has 0 radical (unpaired) electrons. The summed E-state index contributed by atoms with van der Waals surface area (Å²) in [5, 5.41) is 11.9. The number of ether oxygens (including phenoxy) is 1. The van der Waals surface area contributed by atoms with E-state index in [9.17, 15) is 4.79 Å². The second-order valence-corrected chi connectivity index (χ2v) is 4.74. The number of amides is 1. The highest BCUT2D eigenvalue weighted by molar-refractivity contribution is 5.87. The first-order valence-corrected chi connectivity index (χ1v) is 6.39. The molecule has 2 fully saturated rings. The lowest BCUT2D eigenvalue weighted by Crippen LogP contribution is -2.40. The minimum Gasteiger partial charge on any atom is -0.411 e. The molecule has 2 rings (SSSR count). The van der Waals surface area contributed by atoms with Gasteiger partial charge in [-0.25, -0.2) is 0 Å². The van der Waals surface area contributed by atoms with E-state index in [2.05, 4.69) is 5.16 Å². The van der Waals surface area contributed by atoms with Crippen LogP contribution in [0.15, 0.2) is 5.16 Å². The van der Waals surface area contributed by atoms with Crippen molar-refractivity contribution in [1.82, 2.24) is 4.90 Å². The van der Waals surface area contributed by atoms with Gasteiger partial charge in [-0.15, -0.1) is 0 Å². The van der Waals surface area contributed by atoms with E-state index >= 15 is 0 Å². The largest absolute Gasteiger partial charge is 0.411 e. The molecule has 2 heterocycles. The SMILES string of the molecule is O=C(CC1CCCCO1)N1CCC(=NO)CC1. The number of carbonyl (C=O) groups excluding carboxylic acids is 1. The third-order valence-electron chi connectivity index (χ3n) is 3.51. The molecule has 0 saturated carbocycles. The summed E-state index contributed by atoms with van der Waals surface area (Å²) in [5.74, 6) is 0.175. The van der Waals surface area contributed by atoms with Gasteiger partial charge in [0.15, 0.2) is 0 Å². The van der Waals surface area contributed by atoms with Gasteiger partial charge < -0.3 is 14.8 Å². The normalized spacial score (nSPS) is 25.8. The van der Waals surface area contributed by atoms with Gasteiger partial charge in [0.2, 0.25) is 5.91 Å². The van der Waals surface area contributed by atoms with Gasteiger partial charge in [0.25, 0.3) is 0 Å². The van der Waals surface area contributed by atoms with Crippen molar-refractivity contribution in [3.63, 3.8) is 0 Å². The Bertz CT molecular complexity index is 288. The topological polar surface area (TPSA) is 62.1 Å². The average Bonchev–Trinajstić information content (AvgIpc) is 2.40. The molecule has 0 aromatic heterocycles. The molecule has 17 heavy (non-hydrogen) atoms. The summed E-state index contributed by atoms with van der Waals surface area (Å²) in [6.45, 7) is 2.13. The molecule has 1 atom stereocenters. The van der Waals surface area contributed by atoms with Crippen LogP contribution in [0.3, 0.4) is 0 Å². The summed E-state index contributed by atoms with van der Waals surface area (Å²) in [6, 6.07) is 0. The van der Waals surface area contributed by atoms with Crippen molar-refractivity contribution >= 4 is 11.6 Å². The second kappa shape index (κ2) is 6.00. The van der Waals surface area contributed by atoms with E-state index in [0.29, 0.717) is 32.4 Å². The third-order valence-corrected chi connectivity index (χ3v) is 3.51. The number of rotatable bonds is 2. The van der Waals surface area contributed by atoms with Crippen LogP contribution in [-0.4, -0.2) is 47.5 Å². The minimum atomic E-state index is 0.115. The summed E-state index contributed by atoms with van der Waals surface area (Å²) in [5.41, 5.74) is 0.794. The van der Waals surface area contributed by atoms with Crippen LogP contribution in [0.4, 0.5) is 0 Å². The van der Waals surface area contributed by atoms with E-state index in [1.165, 1.54) is 6.42 Å². The Morgan fingerprint density at radius 3 is 2.76 bits per heavy atom. The number of carbonyl (C=O) groups is 1. The maximum absolute atomic E-state index is 12.0. The summed E-state index contributed by atoms with van der Waals surface area (Å²) >= 11 is 0. The van der Waals surface area contributed by atoms with Gasteiger partial charge in [-0.3, -0.25) is 4.79 Å². The molecule has 0 aliphatic carbocycles. The summed E-state index contributed by atoms with van der Waals surface area (Å²) < 4.78 is 5.57. The first kappa shape index (κ1) is 12.4. The van der Waals surface area contributed by atoms with E-state index in [4.69, 9.17) is 9.94 Å². The monoisotopic (exact) mass is 240 g/mol. The van der Waals surface area contributed by atoms with Crippen LogP contribution in [0.5, 0.6) is 0 Å². The molecule has 5 nitrogen and oxygen atoms in total. The Morgan fingerprint density at radius 2 is 2.18 bits per heavy atom. The van der Waals surface area contributed by atoms with Crippen molar-refractivity contribution in [3.05, 3.63) is 0 Å². The zero-order valence-electron chi connectivity index (χ0n) is 10.1. The fourth-order valence-electron chi connectivity index (χ4n) is 2.41. The average molecular weight is 240 g/mol. The molecule has 5 heteroatoms. The molecule has 0 aromatic rings. The molecule has 0 bridgehead atoms. The highest BCUT2D eigenvalue weighted by Crippen LogP contribution is 2.18. The van der Waals surface area contributed by atoms with Crippen molar-refractivity contribution in [1.29, 1.82) is 0 Å². The van der Waals surface area contributed by atoms with Crippen molar-refractivity contribution in [3.8, 4) is 0 Å².